The number of ether oxygens (including phenoxy) is 2. The lowest BCUT2D eigenvalue weighted by Crippen LogP contribution is -2.49. The van der Waals surface area contributed by atoms with Gasteiger partial charge in [-0.15, -0.1) is 0 Å². The molecule has 0 radical (unpaired) electrons. The molecule has 0 aliphatic rings. The first-order valence-electron chi connectivity index (χ1n) is 8.71. The lowest BCUT2D eigenvalue weighted by Gasteiger charge is -2.29. The normalized spacial score (nSPS) is 11.6. The Balaban J connectivity index is 1.85. The molecule has 0 fully saturated rings. The van der Waals surface area contributed by atoms with Crippen LogP contribution in [0, 0.1) is 0 Å². The van der Waals surface area contributed by atoms with E-state index >= 15 is 0 Å². The SMILES string of the molecule is CC(C)(CNc1ccc(Oc2ccccc2)cc1)NC(=O)OC(C)(C)C. The van der Waals surface area contributed by atoms with Crippen LogP contribution in [0.15, 0.2) is 54.6 Å². The molecule has 1 amide bonds. The van der Waals surface area contributed by atoms with E-state index in [9.17, 15) is 4.79 Å². The molecule has 0 unspecified atom stereocenters. The Bertz CT molecular complexity index is 704. The summed E-state index contributed by atoms with van der Waals surface area (Å²) in [6, 6.07) is 17.4. The molecule has 0 bridgehead atoms. The van der Waals surface area contributed by atoms with Crippen LogP contribution in [0.25, 0.3) is 0 Å². The second-order valence-corrected chi connectivity index (χ2v) is 7.80. The molecule has 2 aromatic rings. The van der Waals surface area contributed by atoms with Gasteiger partial charge in [-0.25, -0.2) is 4.79 Å². The van der Waals surface area contributed by atoms with Crippen molar-refractivity contribution < 1.29 is 14.3 Å². The van der Waals surface area contributed by atoms with E-state index in [4.69, 9.17) is 9.47 Å². The number of rotatable bonds is 6. The summed E-state index contributed by atoms with van der Waals surface area (Å²) in [5, 5.41) is 6.20. The molecule has 0 saturated heterocycles. The number of anilines is 1. The van der Waals surface area contributed by atoms with Crippen molar-refractivity contribution >= 4 is 11.8 Å². The Morgan fingerprint density at radius 3 is 2.04 bits per heavy atom. The van der Waals surface area contributed by atoms with Crippen molar-refractivity contribution in [2.45, 2.75) is 45.8 Å². The number of alkyl carbamates (subject to hydrolysis) is 1. The number of nitrogens with one attached hydrogen (secondary N) is 2. The number of amides is 1. The fourth-order valence-electron chi connectivity index (χ4n) is 2.21. The van der Waals surface area contributed by atoms with Crippen molar-refractivity contribution in [3.63, 3.8) is 0 Å². The molecule has 2 aromatic carbocycles. The van der Waals surface area contributed by atoms with E-state index in [1.807, 2.05) is 89.2 Å². The monoisotopic (exact) mass is 356 g/mol. The largest absolute Gasteiger partial charge is 0.457 e. The molecule has 0 spiro atoms. The second kappa shape index (κ2) is 8.13. The quantitative estimate of drug-likeness (QED) is 0.747. The van der Waals surface area contributed by atoms with E-state index in [2.05, 4.69) is 10.6 Å². The summed E-state index contributed by atoms with van der Waals surface area (Å²) in [6.45, 7) is 9.98. The first-order valence-corrected chi connectivity index (χ1v) is 8.71. The van der Waals surface area contributed by atoms with Crippen molar-refractivity contribution in [1.29, 1.82) is 0 Å². The Labute approximate surface area is 155 Å². The van der Waals surface area contributed by atoms with Gasteiger partial charge in [-0.05, 0) is 71.0 Å². The zero-order valence-electron chi connectivity index (χ0n) is 16.1. The highest BCUT2D eigenvalue weighted by molar-refractivity contribution is 5.68. The molecule has 0 aliphatic carbocycles. The van der Waals surface area contributed by atoms with Crippen molar-refractivity contribution in [2.24, 2.45) is 0 Å². The molecule has 0 atom stereocenters. The smallest absolute Gasteiger partial charge is 0.408 e. The van der Waals surface area contributed by atoms with Gasteiger partial charge in [-0.1, -0.05) is 18.2 Å². The van der Waals surface area contributed by atoms with Crippen molar-refractivity contribution in [3.8, 4) is 11.5 Å². The Morgan fingerprint density at radius 1 is 0.885 bits per heavy atom. The lowest BCUT2D eigenvalue weighted by molar-refractivity contribution is 0.0478. The number of hydrogen-bond acceptors (Lipinski definition) is 4. The number of hydrogen-bond donors (Lipinski definition) is 2. The number of benzene rings is 2. The topological polar surface area (TPSA) is 59.6 Å². The number of carbonyl (C=O) groups excluding carboxylic acids is 1. The van der Waals surface area contributed by atoms with Crippen molar-refractivity contribution in [2.75, 3.05) is 11.9 Å². The molecule has 0 aromatic heterocycles. The van der Waals surface area contributed by atoms with E-state index < -0.39 is 17.2 Å². The second-order valence-electron chi connectivity index (χ2n) is 7.80. The van der Waals surface area contributed by atoms with Crippen LogP contribution in [0.2, 0.25) is 0 Å². The van der Waals surface area contributed by atoms with Crippen LogP contribution >= 0.6 is 0 Å². The fraction of sp³-hybridized carbons (Fsp3) is 0.381. The molecule has 26 heavy (non-hydrogen) atoms. The van der Waals surface area contributed by atoms with E-state index in [0.717, 1.165) is 17.2 Å². The minimum atomic E-state index is -0.512. The van der Waals surface area contributed by atoms with Crippen LogP contribution < -0.4 is 15.4 Å². The maximum Gasteiger partial charge on any atom is 0.408 e. The maximum absolute atomic E-state index is 11.9. The van der Waals surface area contributed by atoms with Gasteiger partial charge in [-0.2, -0.15) is 0 Å². The molecular formula is C21H28N2O3. The van der Waals surface area contributed by atoms with Crippen LogP contribution in [0.5, 0.6) is 11.5 Å². The predicted octanol–water partition coefficient (Wildman–Crippen LogP) is 5.19. The van der Waals surface area contributed by atoms with Gasteiger partial charge in [0.2, 0.25) is 0 Å². The van der Waals surface area contributed by atoms with Crippen molar-refractivity contribution in [3.05, 3.63) is 54.6 Å². The summed E-state index contributed by atoms with van der Waals surface area (Å²) in [5.74, 6) is 1.57. The van der Waals surface area contributed by atoms with Gasteiger partial charge < -0.3 is 20.1 Å². The number of para-hydroxylation sites is 1. The van der Waals surface area contributed by atoms with Gasteiger partial charge in [0.05, 0.1) is 5.54 Å². The third-order valence-corrected chi connectivity index (χ3v) is 3.41. The highest BCUT2D eigenvalue weighted by Crippen LogP contribution is 2.23. The van der Waals surface area contributed by atoms with Crippen LogP contribution in [0.1, 0.15) is 34.6 Å². The van der Waals surface area contributed by atoms with Gasteiger partial charge in [0, 0.05) is 12.2 Å². The lowest BCUT2D eigenvalue weighted by atomic mass is 10.1. The average molecular weight is 356 g/mol. The first kappa shape index (κ1) is 19.6. The van der Waals surface area contributed by atoms with Gasteiger partial charge >= 0.3 is 6.09 Å². The molecular weight excluding hydrogens is 328 g/mol. The molecule has 5 nitrogen and oxygen atoms in total. The van der Waals surface area contributed by atoms with E-state index in [-0.39, 0.29) is 0 Å². The first-order chi connectivity index (χ1) is 12.1. The summed E-state index contributed by atoms with van der Waals surface area (Å²) >= 11 is 0. The van der Waals surface area contributed by atoms with Crippen molar-refractivity contribution in [1.82, 2.24) is 5.32 Å². The van der Waals surface area contributed by atoms with Gasteiger partial charge in [0.1, 0.15) is 17.1 Å². The average Bonchev–Trinajstić information content (AvgIpc) is 2.53. The van der Waals surface area contributed by atoms with E-state index in [1.54, 1.807) is 0 Å². The van der Waals surface area contributed by atoms with Gasteiger partial charge in [-0.3, -0.25) is 0 Å². The maximum atomic E-state index is 11.9. The summed E-state index contributed by atoms with van der Waals surface area (Å²) in [7, 11) is 0. The summed E-state index contributed by atoms with van der Waals surface area (Å²) in [4.78, 5) is 11.9. The highest BCUT2D eigenvalue weighted by atomic mass is 16.6. The molecule has 140 valence electrons. The summed E-state index contributed by atoms with van der Waals surface area (Å²) in [5.41, 5.74) is -0.0199. The zero-order valence-corrected chi connectivity index (χ0v) is 16.1. The van der Waals surface area contributed by atoms with Crippen LogP contribution in [0.4, 0.5) is 10.5 Å². The van der Waals surface area contributed by atoms with Crippen LogP contribution in [-0.4, -0.2) is 23.8 Å². The third-order valence-electron chi connectivity index (χ3n) is 3.41. The minimum absolute atomic E-state index is 0.420. The molecule has 2 N–H and O–H groups in total. The predicted molar refractivity (Wildman–Crippen MR) is 105 cm³/mol. The minimum Gasteiger partial charge on any atom is -0.457 e. The summed E-state index contributed by atoms with van der Waals surface area (Å²) in [6.07, 6.45) is -0.420. The standard InChI is InChI=1S/C21H28N2O3/c1-20(2,3)26-19(24)23-21(4,5)15-22-16-11-13-18(14-12-16)25-17-9-7-6-8-10-17/h6-14,22H,15H2,1-5H3,(H,23,24). The van der Waals surface area contributed by atoms with E-state index in [0.29, 0.717) is 6.54 Å². The van der Waals surface area contributed by atoms with E-state index in [1.165, 1.54) is 0 Å². The Hall–Kier alpha value is -2.69. The molecule has 0 aliphatic heterocycles. The Kier molecular flexibility index (Phi) is 6.14. The molecule has 5 heteroatoms. The summed E-state index contributed by atoms with van der Waals surface area (Å²) < 4.78 is 11.1. The van der Waals surface area contributed by atoms with Gasteiger partial charge in [0.15, 0.2) is 0 Å². The zero-order chi connectivity index (χ0) is 19.2. The van der Waals surface area contributed by atoms with Crippen LogP contribution in [-0.2, 0) is 4.74 Å². The fourth-order valence-corrected chi connectivity index (χ4v) is 2.21. The Morgan fingerprint density at radius 2 is 1.46 bits per heavy atom. The van der Waals surface area contributed by atoms with Gasteiger partial charge in [0.25, 0.3) is 0 Å². The molecule has 2 rings (SSSR count). The molecule has 0 heterocycles. The third kappa shape index (κ3) is 7.05. The van der Waals surface area contributed by atoms with Crippen LogP contribution in [0.3, 0.4) is 0 Å². The molecule has 0 saturated carbocycles. The highest BCUT2D eigenvalue weighted by Gasteiger charge is 2.24. The number of carbonyl (C=O) groups is 1.